The summed E-state index contributed by atoms with van der Waals surface area (Å²) in [5, 5.41) is 0.926. The number of carbonyl (C=O) groups excluding carboxylic acids is 1. The fraction of sp³-hybridized carbons (Fsp3) is 0.516. The maximum Gasteiger partial charge on any atom is 0.332 e. The molecule has 11 heteroatoms. The van der Waals surface area contributed by atoms with E-state index in [4.69, 9.17) is 18.9 Å². The molecule has 0 spiro atoms. The summed E-state index contributed by atoms with van der Waals surface area (Å²) in [6.45, 7) is 4.54. The molecule has 42 heavy (non-hydrogen) atoms. The lowest BCUT2D eigenvalue weighted by atomic mass is 9.88. The number of unbranched alkanes of at least 4 members (excludes halogenated alkanes) is 2. The van der Waals surface area contributed by atoms with Crippen LogP contribution in [0.25, 0.3) is 10.9 Å². The quantitative estimate of drug-likeness (QED) is 0.121. The lowest BCUT2D eigenvalue weighted by Gasteiger charge is -2.40. The minimum atomic E-state index is -2.66. The second kappa shape index (κ2) is 15.4. The average Bonchev–Trinajstić information content (AvgIpc) is 3.31. The molecule has 0 fully saturated rings. The molecule has 7 nitrogen and oxygen atoms in total. The van der Waals surface area contributed by atoms with E-state index in [1.807, 2.05) is 24.3 Å². The Hall–Kier alpha value is -3.15. The Labute approximate surface area is 243 Å². The van der Waals surface area contributed by atoms with Crippen LogP contribution < -0.4 is 4.74 Å². The maximum absolute atomic E-state index is 15.6. The first kappa shape index (κ1) is 31.8. The zero-order valence-corrected chi connectivity index (χ0v) is 24.0. The number of benzene rings is 2. The molecule has 1 N–H and O–H groups in total. The minimum Gasteiger partial charge on any atom is -0.493 e. The second-order valence-electron chi connectivity index (χ2n) is 10.3. The first-order chi connectivity index (χ1) is 20.3. The van der Waals surface area contributed by atoms with Gasteiger partial charge in [-0.2, -0.15) is 0 Å². The predicted octanol–water partition coefficient (Wildman–Crippen LogP) is 6.19. The maximum atomic E-state index is 15.6. The highest BCUT2D eigenvalue weighted by Crippen LogP contribution is 2.43. The van der Waals surface area contributed by atoms with Gasteiger partial charge in [0.05, 0.1) is 39.0 Å². The number of halogens is 4. The average molecular weight is 595 g/mol. The van der Waals surface area contributed by atoms with Crippen molar-refractivity contribution in [3.8, 4) is 5.75 Å². The number of aromatic amines is 1. The van der Waals surface area contributed by atoms with Crippen LogP contribution in [0.5, 0.6) is 5.75 Å². The number of aromatic nitrogens is 1. The standard InChI is InChI=1S/C31H38F4N2O5/c1-3-41-28(38)19-40-14-13-39-11-7-4-8-12-42-21-16-24(32)29(25(33)17-21)31-30-23(15-20(2)37(31)18-27(34)35)22-9-5-6-10-26(22)36-30/h5-6,9-10,16-17,20,27,31,36H,3-4,7-8,11-15,18-19H2,1-2H3/t20-,31-/m1/s1. The molecule has 0 radical (unpaired) electrons. The zero-order chi connectivity index (χ0) is 30.1. The first-order valence-electron chi connectivity index (χ1n) is 14.4. The summed E-state index contributed by atoms with van der Waals surface area (Å²) in [6, 6.07) is 8.39. The molecule has 1 aliphatic rings. The summed E-state index contributed by atoms with van der Waals surface area (Å²) >= 11 is 0. The van der Waals surface area contributed by atoms with Crippen molar-refractivity contribution in [1.82, 2.24) is 9.88 Å². The van der Waals surface area contributed by atoms with Crippen molar-refractivity contribution in [3.63, 3.8) is 0 Å². The van der Waals surface area contributed by atoms with Gasteiger partial charge in [-0.05, 0) is 51.2 Å². The fourth-order valence-electron chi connectivity index (χ4n) is 5.42. The van der Waals surface area contributed by atoms with E-state index < -0.39 is 36.6 Å². The van der Waals surface area contributed by atoms with Crippen LogP contribution in [-0.4, -0.2) is 74.5 Å². The van der Waals surface area contributed by atoms with Crippen LogP contribution in [0, 0.1) is 11.6 Å². The van der Waals surface area contributed by atoms with E-state index in [2.05, 4.69) is 4.98 Å². The topological polar surface area (TPSA) is 73.0 Å². The molecule has 230 valence electrons. The number of fused-ring (bicyclic) bond motifs is 3. The molecule has 3 aromatic rings. The van der Waals surface area contributed by atoms with Gasteiger partial charge in [-0.3, -0.25) is 4.90 Å². The van der Waals surface area contributed by atoms with Crippen LogP contribution in [-0.2, 0) is 25.4 Å². The van der Waals surface area contributed by atoms with Gasteiger partial charge in [0.25, 0.3) is 6.43 Å². The van der Waals surface area contributed by atoms with Crippen molar-refractivity contribution < 1.29 is 41.3 Å². The Balaban J connectivity index is 1.33. The summed E-state index contributed by atoms with van der Waals surface area (Å²) < 4.78 is 79.3. The molecule has 2 atom stereocenters. The monoisotopic (exact) mass is 594 g/mol. The molecule has 1 aromatic heterocycles. The highest BCUT2D eigenvalue weighted by molar-refractivity contribution is 5.85. The molecule has 0 aliphatic carbocycles. The highest BCUT2D eigenvalue weighted by Gasteiger charge is 2.39. The molecule has 2 aromatic carbocycles. The van der Waals surface area contributed by atoms with Crippen LogP contribution in [0.1, 0.15) is 56.0 Å². The number of para-hydroxylation sites is 1. The number of rotatable bonds is 16. The molecule has 4 rings (SSSR count). The summed E-state index contributed by atoms with van der Waals surface area (Å²) in [5.74, 6) is -2.05. The van der Waals surface area contributed by atoms with Crippen molar-refractivity contribution in [3.05, 3.63) is 64.9 Å². The SMILES string of the molecule is CCOC(=O)COCCOCCCCCOc1cc(F)c([C@@H]2c3[nH]c4ccccc4c3C[C@@H](C)N2CC(F)F)c(F)c1. The lowest BCUT2D eigenvalue weighted by molar-refractivity contribution is -0.148. The summed E-state index contributed by atoms with van der Waals surface area (Å²) in [5.41, 5.74) is 1.95. The van der Waals surface area contributed by atoms with E-state index in [-0.39, 0.29) is 37.2 Å². The van der Waals surface area contributed by atoms with Crippen LogP contribution in [0.3, 0.4) is 0 Å². The third-order valence-corrected chi connectivity index (χ3v) is 7.29. The van der Waals surface area contributed by atoms with Gasteiger partial charge >= 0.3 is 5.97 Å². The van der Waals surface area contributed by atoms with Gasteiger partial charge < -0.3 is 23.9 Å². The van der Waals surface area contributed by atoms with Gasteiger partial charge in [0.15, 0.2) is 0 Å². The molecular formula is C31H38F4N2O5. The molecule has 0 unspecified atom stereocenters. The van der Waals surface area contributed by atoms with Crippen molar-refractivity contribution in [2.75, 3.05) is 46.2 Å². The van der Waals surface area contributed by atoms with Gasteiger partial charge in [-0.1, -0.05) is 18.2 Å². The highest BCUT2D eigenvalue weighted by atomic mass is 19.3. The third-order valence-electron chi connectivity index (χ3n) is 7.29. The summed E-state index contributed by atoms with van der Waals surface area (Å²) in [6.07, 6.45) is 0.00804. The lowest BCUT2D eigenvalue weighted by Crippen LogP contribution is -2.45. The van der Waals surface area contributed by atoms with E-state index in [9.17, 15) is 13.6 Å². The van der Waals surface area contributed by atoms with Gasteiger partial charge in [-0.25, -0.2) is 22.4 Å². The van der Waals surface area contributed by atoms with Crippen molar-refractivity contribution in [1.29, 1.82) is 0 Å². The number of alkyl halides is 2. The second-order valence-corrected chi connectivity index (χ2v) is 10.3. The van der Waals surface area contributed by atoms with E-state index >= 15 is 8.78 Å². The van der Waals surface area contributed by atoms with E-state index in [1.165, 1.54) is 4.90 Å². The van der Waals surface area contributed by atoms with Crippen LogP contribution in [0.15, 0.2) is 36.4 Å². The van der Waals surface area contributed by atoms with E-state index in [0.29, 0.717) is 38.4 Å². The Bertz CT molecular complexity index is 1290. The van der Waals surface area contributed by atoms with Crippen molar-refractivity contribution >= 4 is 16.9 Å². The normalized spacial score (nSPS) is 17.1. The minimum absolute atomic E-state index is 0.0462. The Morgan fingerprint density at radius 1 is 1.02 bits per heavy atom. The van der Waals surface area contributed by atoms with Gasteiger partial charge in [0, 0.05) is 46.9 Å². The Morgan fingerprint density at radius 3 is 2.48 bits per heavy atom. The zero-order valence-electron chi connectivity index (χ0n) is 24.0. The number of H-pyrrole nitrogens is 1. The van der Waals surface area contributed by atoms with Crippen molar-refractivity contribution in [2.24, 2.45) is 0 Å². The molecule has 1 aliphatic heterocycles. The number of hydrogen-bond donors (Lipinski definition) is 1. The molecule has 0 bridgehead atoms. The number of nitrogens with one attached hydrogen (secondary N) is 1. The summed E-state index contributed by atoms with van der Waals surface area (Å²) in [4.78, 5) is 15.9. The van der Waals surface area contributed by atoms with Gasteiger partial charge in [0.1, 0.15) is 24.0 Å². The molecule has 0 saturated carbocycles. The number of carbonyl (C=O) groups is 1. The third kappa shape index (κ3) is 8.02. The molecule has 0 amide bonds. The Kier molecular flexibility index (Phi) is 11.6. The number of nitrogens with zero attached hydrogens (tertiary/aromatic N) is 1. The van der Waals surface area contributed by atoms with Crippen LogP contribution >= 0.6 is 0 Å². The van der Waals surface area contributed by atoms with Crippen molar-refractivity contribution in [2.45, 2.75) is 58.0 Å². The smallest absolute Gasteiger partial charge is 0.332 e. The number of esters is 1. The predicted molar refractivity (Wildman–Crippen MR) is 150 cm³/mol. The largest absolute Gasteiger partial charge is 0.493 e. The number of ether oxygens (including phenoxy) is 4. The van der Waals surface area contributed by atoms with Gasteiger partial charge in [-0.15, -0.1) is 0 Å². The van der Waals surface area contributed by atoms with Gasteiger partial charge in [0.2, 0.25) is 0 Å². The fourth-order valence-corrected chi connectivity index (χ4v) is 5.42. The van der Waals surface area contributed by atoms with Crippen LogP contribution in [0.4, 0.5) is 17.6 Å². The first-order valence-corrected chi connectivity index (χ1v) is 14.4. The molecule has 2 heterocycles. The van der Waals surface area contributed by atoms with Crippen LogP contribution in [0.2, 0.25) is 0 Å². The number of hydrogen-bond acceptors (Lipinski definition) is 6. The van der Waals surface area contributed by atoms with E-state index in [1.54, 1.807) is 13.8 Å². The Morgan fingerprint density at radius 2 is 1.74 bits per heavy atom. The van der Waals surface area contributed by atoms with E-state index in [0.717, 1.165) is 41.4 Å². The molecular weight excluding hydrogens is 556 g/mol. The summed E-state index contributed by atoms with van der Waals surface area (Å²) in [7, 11) is 0. The molecule has 0 saturated heterocycles.